The predicted molar refractivity (Wildman–Crippen MR) is 123 cm³/mol. The fourth-order valence-electron chi connectivity index (χ4n) is 4.04. The molecule has 1 aliphatic heterocycles. The van der Waals surface area contributed by atoms with E-state index in [9.17, 15) is 4.79 Å². The number of aromatic nitrogens is 4. The van der Waals surface area contributed by atoms with Crippen molar-refractivity contribution in [2.75, 3.05) is 29.6 Å². The summed E-state index contributed by atoms with van der Waals surface area (Å²) in [6, 6.07) is 7.98. The zero-order valence-electron chi connectivity index (χ0n) is 18.5. The van der Waals surface area contributed by atoms with E-state index in [4.69, 9.17) is 4.74 Å². The number of benzene rings is 1. The third kappa shape index (κ3) is 4.67. The van der Waals surface area contributed by atoms with Crippen LogP contribution in [-0.4, -0.2) is 57.0 Å². The molecule has 0 spiro atoms. The summed E-state index contributed by atoms with van der Waals surface area (Å²) in [5.74, 6) is 0.477. The molecule has 164 valence electrons. The lowest BCUT2D eigenvalue weighted by molar-refractivity contribution is -0.115. The second kappa shape index (κ2) is 8.84. The van der Waals surface area contributed by atoms with Gasteiger partial charge in [0.2, 0.25) is 11.1 Å². The van der Waals surface area contributed by atoms with Crippen LogP contribution in [0.15, 0.2) is 29.4 Å². The largest absolute Gasteiger partial charge is 0.372 e. The molecule has 3 aromatic rings. The Morgan fingerprint density at radius 1 is 1.16 bits per heavy atom. The standard InChI is InChI=1S/C22H28N6O2S/c1-13-11-27(12-14(2)30-13)18-8-6-17(7-9-18)24-20(29)10-19-15(3)23-21-25-22(31-5)26-28(21)16(19)4/h6-9,13-14H,10-12H2,1-5H3,(H,24,29)/t13-,14+. The average molecular weight is 441 g/mol. The SMILES string of the molecule is CSc1nc2nc(C)c(CC(=O)Nc3ccc(N4C[C@@H](C)O[C@@H](C)C4)cc3)c(C)n2n1. The highest BCUT2D eigenvalue weighted by molar-refractivity contribution is 7.98. The Balaban J connectivity index is 1.45. The summed E-state index contributed by atoms with van der Waals surface area (Å²) in [6.45, 7) is 9.77. The van der Waals surface area contributed by atoms with Gasteiger partial charge in [-0.2, -0.15) is 4.98 Å². The monoisotopic (exact) mass is 440 g/mol. The molecule has 9 heteroatoms. The molecule has 1 saturated heterocycles. The number of fused-ring (bicyclic) bond motifs is 1. The first-order valence-electron chi connectivity index (χ1n) is 10.4. The van der Waals surface area contributed by atoms with Gasteiger partial charge in [-0.3, -0.25) is 4.79 Å². The summed E-state index contributed by atoms with van der Waals surface area (Å²) in [5.41, 5.74) is 4.47. The van der Waals surface area contributed by atoms with Crippen molar-refractivity contribution in [1.82, 2.24) is 19.6 Å². The van der Waals surface area contributed by atoms with E-state index >= 15 is 0 Å². The fourth-order valence-corrected chi connectivity index (χ4v) is 4.38. The van der Waals surface area contributed by atoms with Crippen LogP contribution in [0.25, 0.3) is 5.78 Å². The molecular weight excluding hydrogens is 412 g/mol. The normalized spacial score (nSPS) is 19.1. The van der Waals surface area contributed by atoms with Gasteiger partial charge in [0.05, 0.1) is 18.6 Å². The topological polar surface area (TPSA) is 84.7 Å². The van der Waals surface area contributed by atoms with Crippen LogP contribution in [0.3, 0.4) is 0 Å². The van der Waals surface area contributed by atoms with Crippen molar-refractivity contribution in [3.63, 3.8) is 0 Å². The maximum absolute atomic E-state index is 12.7. The van der Waals surface area contributed by atoms with Gasteiger partial charge in [0.15, 0.2) is 0 Å². The highest BCUT2D eigenvalue weighted by Crippen LogP contribution is 2.23. The minimum atomic E-state index is -0.0843. The lowest BCUT2D eigenvalue weighted by atomic mass is 10.1. The van der Waals surface area contributed by atoms with Crippen LogP contribution in [0.1, 0.15) is 30.8 Å². The highest BCUT2D eigenvalue weighted by atomic mass is 32.2. The van der Waals surface area contributed by atoms with Crippen LogP contribution in [0.5, 0.6) is 0 Å². The summed E-state index contributed by atoms with van der Waals surface area (Å²) in [4.78, 5) is 24.0. The maximum Gasteiger partial charge on any atom is 0.253 e. The molecule has 31 heavy (non-hydrogen) atoms. The summed E-state index contributed by atoms with van der Waals surface area (Å²) < 4.78 is 7.52. The number of anilines is 2. The summed E-state index contributed by atoms with van der Waals surface area (Å²) in [6.07, 6.45) is 2.57. The van der Waals surface area contributed by atoms with Gasteiger partial charge in [0.25, 0.3) is 5.78 Å². The van der Waals surface area contributed by atoms with E-state index in [0.717, 1.165) is 41.4 Å². The minimum absolute atomic E-state index is 0.0843. The molecule has 0 saturated carbocycles. The van der Waals surface area contributed by atoms with E-state index in [0.29, 0.717) is 10.9 Å². The highest BCUT2D eigenvalue weighted by Gasteiger charge is 2.22. The Kier molecular flexibility index (Phi) is 6.15. The molecule has 8 nitrogen and oxygen atoms in total. The number of nitrogens with one attached hydrogen (secondary N) is 1. The molecule has 0 radical (unpaired) electrons. The van der Waals surface area contributed by atoms with Crippen molar-refractivity contribution < 1.29 is 9.53 Å². The third-order valence-corrected chi connectivity index (χ3v) is 6.02. The van der Waals surface area contributed by atoms with Gasteiger partial charge < -0.3 is 15.0 Å². The average Bonchev–Trinajstić information content (AvgIpc) is 3.14. The Morgan fingerprint density at radius 2 is 1.84 bits per heavy atom. The lowest BCUT2D eigenvalue weighted by Crippen LogP contribution is -2.45. The van der Waals surface area contributed by atoms with Crippen LogP contribution < -0.4 is 10.2 Å². The Bertz CT molecular complexity index is 1090. The number of hydrogen-bond acceptors (Lipinski definition) is 7. The first kappa shape index (κ1) is 21.6. The molecule has 2 atom stereocenters. The number of amides is 1. The Morgan fingerprint density at radius 3 is 2.48 bits per heavy atom. The maximum atomic E-state index is 12.7. The molecule has 2 aromatic heterocycles. The van der Waals surface area contributed by atoms with Gasteiger partial charge in [-0.25, -0.2) is 9.50 Å². The Labute approximate surface area is 186 Å². The van der Waals surface area contributed by atoms with Crippen LogP contribution in [0.2, 0.25) is 0 Å². The predicted octanol–water partition coefficient (Wildman–Crippen LogP) is 3.26. The number of aryl methyl sites for hydroxylation is 2. The molecule has 1 amide bonds. The van der Waals surface area contributed by atoms with E-state index < -0.39 is 0 Å². The molecule has 0 bridgehead atoms. The number of morpholine rings is 1. The molecule has 4 rings (SSSR count). The smallest absolute Gasteiger partial charge is 0.253 e. The van der Waals surface area contributed by atoms with E-state index in [1.807, 2.05) is 44.4 Å². The summed E-state index contributed by atoms with van der Waals surface area (Å²) in [7, 11) is 0. The first-order valence-corrected chi connectivity index (χ1v) is 11.6. The number of carbonyl (C=O) groups is 1. The first-order chi connectivity index (χ1) is 14.8. The zero-order chi connectivity index (χ0) is 22.1. The number of rotatable bonds is 5. The quantitative estimate of drug-likeness (QED) is 0.610. The van der Waals surface area contributed by atoms with Crippen LogP contribution in [0, 0.1) is 13.8 Å². The molecular formula is C22H28N6O2S. The van der Waals surface area contributed by atoms with Crippen molar-refractivity contribution in [1.29, 1.82) is 0 Å². The molecule has 0 aliphatic carbocycles. The molecule has 1 aromatic carbocycles. The van der Waals surface area contributed by atoms with Crippen molar-refractivity contribution in [3.8, 4) is 0 Å². The van der Waals surface area contributed by atoms with Crippen LogP contribution >= 0.6 is 11.8 Å². The van der Waals surface area contributed by atoms with Gasteiger partial charge in [-0.1, -0.05) is 11.8 Å². The van der Waals surface area contributed by atoms with Gasteiger partial charge >= 0.3 is 0 Å². The van der Waals surface area contributed by atoms with Gasteiger partial charge in [0.1, 0.15) is 0 Å². The van der Waals surface area contributed by atoms with Gasteiger partial charge in [-0.05, 0) is 58.2 Å². The molecule has 1 N–H and O–H groups in total. The van der Waals surface area contributed by atoms with Crippen molar-refractivity contribution >= 4 is 34.8 Å². The van der Waals surface area contributed by atoms with E-state index in [1.54, 1.807) is 4.52 Å². The van der Waals surface area contributed by atoms with Gasteiger partial charge in [0, 0.05) is 41.4 Å². The van der Waals surface area contributed by atoms with Crippen LogP contribution in [0.4, 0.5) is 11.4 Å². The lowest BCUT2D eigenvalue weighted by Gasteiger charge is -2.36. The summed E-state index contributed by atoms with van der Waals surface area (Å²) in [5, 5.41) is 8.11. The summed E-state index contributed by atoms with van der Waals surface area (Å²) >= 11 is 1.47. The molecule has 1 fully saturated rings. The van der Waals surface area contributed by atoms with Crippen molar-refractivity contribution in [2.24, 2.45) is 0 Å². The number of nitrogens with zero attached hydrogens (tertiary/aromatic N) is 5. The number of ether oxygens (including phenoxy) is 1. The minimum Gasteiger partial charge on any atom is -0.372 e. The third-order valence-electron chi connectivity index (χ3n) is 5.49. The van der Waals surface area contributed by atoms with E-state index in [1.165, 1.54) is 11.8 Å². The van der Waals surface area contributed by atoms with E-state index in [-0.39, 0.29) is 24.5 Å². The zero-order valence-corrected chi connectivity index (χ0v) is 19.4. The van der Waals surface area contributed by atoms with Crippen LogP contribution in [-0.2, 0) is 16.0 Å². The second-order valence-corrected chi connectivity index (χ2v) is 8.78. The van der Waals surface area contributed by atoms with Crippen molar-refractivity contribution in [2.45, 2.75) is 51.5 Å². The number of thioether (sulfide) groups is 1. The number of hydrogen-bond donors (Lipinski definition) is 1. The Hall–Kier alpha value is -2.65. The number of carbonyl (C=O) groups excluding carboxylic acids is 1. The molecule has 1 aliphatic rings. The van der Waals surface area contributed by atoms with Gasteiger partial charge in [-0.15, -0.1) is 5.10 Å². The second-order valence-electron chi connectivity index (χ2n) is 8.01. The molecule has 0 unspecified atom stereocenters. The van der Waals surface area contributed by atoms with Crippen molar-refractivity contribution in [3.05, 3.63) is 41.2 Å². The van der Waals surface area contributed by atoms with E-state index in [2.05, 4.69) is 39.1 Å². The molecule has 3 heterocycles. The fraction of sp³-hybridized carbons (Fsp3) is 0.455.